The Kier molecular flexibility index (Phi) is 6.24. The number of carbonyl (C=O) groups excluding carboxylic acids is 2. The van der Waals surface area contributed by atoms with Gasteiger partial charge in [-0.05, 0) is 61.7 Å². The normalized spacial score (nSPS) is 15.3. The zero-order valence-corrected chi connectivity index (χ0v) is 19.8. The van der Waals surface area contributed by atoms with Crippen LogP contribution in [-0.4, -0.2) is 57.3 Å². The van der Waals surface area contributed by atoms with Gasteiger partial charge in [-0.2, -0.15) is 0 Å². The molecular weight excluding hydrogens is 424 g/mol. The Morgan fingerprint density at radius 1 is 1.03 bits per heavy atom. The first-order valence-electron chi connectivity index (χ1n) is 11.0. The molecule has 1 fully saturated rings. The van der Waals surface area contributed by atoms with Crippen molar-refractivity contribution in [3.63, 3.8) is 0 Å². The number of nitrogens with zero attached hydrogens (tertiary/aromatic N) is 4. The van der Waals surface area contributed by atoms with E-state index in [4.69, 9.17) is 16.6 Å². The van der Waals surface area contributed by atoms with Crippen LogP contribution < -0.4 is 0 Å². The summed E-state index contributed by atoms with van der Waals surface area (Å²) < 4.78 is 2.07. The Balaban J connectivity index is 1.70. The molecule has 32 heavy (non-hydrogen) atoms. The topological polar surface area (TPSA) is 58.4 Å². The van der Waals surface area contributed by atoms with Crippen molar-refractivity contribution in [3.8, 4) is 0 Å². The first-order valence-corrected chi connectivity index (χ1v) is 11.4. The fourth-order valence-corrected chi connectivity index (χ4v) is 4.62. The summed E-state index contributed by atoms with van der Waals surface area (Å²) in [7, 11) is 0. The fraction of sp³-hybridized carbons (Fsp3) is 0.400. The maximum Gasteiger partial charge on any atom is 0.245 e. The van der Waals surface area contributed by atoms with Crippen molar-refractivity contribution >= 4 is 34.4 Å². The van der Waals surface area contributed by atoms with Crippen LogP contribution in [0.25, 0.3) is 11.0 Å². The van der Waals surface area contributed by atoms with Crippen LogP contribution in [0.15, 0.2) is 36.4 Å². The van der Waals surface area contributed by atoms with Gasteiger partial charge in [0.15, 0.2) is 0 Å². The van der Waals surface area contributed by atoms with E-state index in [-0.39, 0.29) is 11.8 Å². The number of rotatable bonds is 4. The van der Waals surface area contributed by atoms with Gasteiger partial charge in [0.05, 0.1) is 11.0 Å². The number of amides is 2. The first kappa shape index (κ1) is 22.3. The van der Waals surface area contributed by atoms with Gasteiger partial charge in [-0.1, -0.05) is 23.7 Å². The summed E-state index contributed by atoms with van der Waals surface area (Å²) in [6.45, 7) is 9.93. The van der Waals surface area contributed by atoms with Gasteiger partial charge >= 0.3 is 0 Å². The number of aromatic nitrogens is 2. The molecule has 4 rings (SSSR count). The molecule has 2 heterocycles. The molecule has 0 radical (unpaired) electrons. The first-order chi connectivity index (χ1) is 15.2. The molecule has 1 aromatic heterocycles. The molecular formula is C25H29ClN4O2. The Hall–Kier alpha value is -2.86. The molecule has 168 valence electrons. The molecule has 1 unspecified atom stereocenters. The summed E-state index contributed by atoms with van der Waals surface area (Å²) in [6, 6.07) is 11.6. The van der Waals surface area contributed by atoms with Crippen LogP contribution in [0, 0.1) is 13.8 Å². The minimum Gasteiger partial charge on any atom is -0.339 e. The lowest BCUT2D eigenvalue weighted by molar-refractivity contribution is -0.140. The number of halogens is 1. The number of benzene rings is 2. The van der Waals surface area contributed by atoms with Gasteiger partial charge in [0.2, 0.25) is 11.8 Å². The number of hydrogen-bond acceptors (Lipinski definition) is 3. The van der Waals surface area contributed by atoms with Crippen molar-refractivity contribution in [1.29, 1.82) is 0 Å². The minimum absolute atomic E-state index is 0.0538. The standard InChI is InChI=1S/C25H29ClN4O2/c1-16-12-22-23(13-17(16)2)30(24(27-22)15-20-6-5-7-21(26)14-20)18(3)25(32)29-10-8-28(9-11-29)19(4)31/h5-7,12-14,18H,8-11,15H2,1-4H3. The predicted molar refractivity (Wildman–Crippen MR) is 127 cm³/mol. The number of hydrogen-bond donors (Lipinski definition) is 0. The van der Waals surface area contributed by atoms with Crippen molar-refractivity contribution in [2.45, 2.75) is 40.2 Å². The van der Waals surface area contributed by atoms with E-state index in [1.807, 2.05) is 36.1 Å². The lowest BCUT2D eigenvalue weighted by atomic mass is 10.1. The SMILES string of the molecule is CC(=O)N1CCN(C(=O)C(C)n2c(Cc3cccc(Cl)c3)nc3cc(C)c(C)cc32)CC1. The van der Waals surface area contributed by atoms with Crippen molar-refractivity contribution in [2.24, 2.45) is 0 Å². The summed E-state index contributed by atoms with van der Waals surface area (Å²) >= 11 is 6.20. The van der Waals surface area contributed by atoms with E-state index in [9.17, 15) is 9.59 Å². The number of carbonyl (C=O) groups is 2. The summed E-state index contributed by atoms with van der Waals surface area (Å²) in [4.78, 5) is 33.7. The molecule has 3 aromatic rings. The third-order valence-electron chi connectivity index (χ3n) is 6.41. The maximum absolute atomic E-state index is 13.5. The van der Waals surface area contributed by atoms with Gasteiger partial charge in [0.25, 0.3) is 0 Å². The van der Waals surface area contributed by atoms with Crippen LogP contribution >= 0.6 is 11.6 Å². The minimum atomic E-state index is -0.403. The quantitative estimate of drug-likeness (QED) is 0.597. The second-order valence-electron chi connectivity index (χ2n) is 8.64. The highest BCUT2D eigenvalue weighted by atomic mass is 35.5. The van der Waals surface area contributed by atoms with E-state index in [0.717, 1.165) is 22.4 Å². The summed E-state index contributed by atoms with van der Waals surface area (Å²) in [5.41, 5.74) is 5.26. The van der Waals surface area contributed by atoms with Crippen LogP contribution in [0.3, 0.4) is 0 Å². The van der Waals surface area contributed by atoms with Crippen LogP contribution in [0.2, 0.25) is 5.02 Å². The Labute approximate surface area is 193 Å². The zero-order valence-electron chi connectivity index (χ0n) is 19.1. The van der Waals surface area contributed by atoms with Crippen molar-refractivity contribution in [1.82, 2.24) is 19.4 Å². The molecule has 7 heteroatoms. The van der Waals surface area contributed by atoms with Crippen LogP contribution in [0.4, 0.5) is 0 Å². The Bertz CT molecular complexity index is 1180. The van der Waals surface area contributed by atoms with Crippen LogP contribution in [-0.2, 0) is 16.0 Å². The average Bonchev–Trinajstić information content (AvgIpc) is 3.09. The molecule has 2 aromatic carbocycles. The smallest absolute Gasteiger partial charge is 0.245 e. The lowest BCUT2D eigenvalue weighted by Gasteiger charge is -2.36. The molecule has 1 saturated heterocycles. The highest BCUT2D eigenvalue weighted by molar-refractivity contribution is 6.30. The van der Waals surface area contributed by atoms with Crippen LogP contribution in [0.1, 0.15) is 42.4 Å². The summed E-state index contributed by atoms with van der Waals surface area (Å²) in [6.07, 6.45) is 0.586. The molecule has 1 aliphatic heterocycles. The lowest BCUT2D eigenvalue weighted by Crippen LogP contribution is -2.51. The Morgan fingerprint density at radius 2 is 1.69 bits per heavy atom. The van der Waals surface area contributed by atoms with Gasteiger partial charge in [-0.3, -0.25) is 9.59 Å². The van der Waals surface area contributed by atoms with E-state index in [0.29, 0.717) is 37.6 Å². The summed E-state index contributed by atoms with van der Waals surface area (Å²) in [5.74, 6) is 0.953. The highest BCUT2D eigenvalue weighted by Crippen LogP contribution is 2.27. The zero-order chi connectivity index (χ0) is 23.0. The van der Waals surface area contributed by atoms with Crippen LogP contribution in [0.5, 0.6) is 0 Å². The molecule has 1 atom stereocenters. The monoisotopic (exact) mass is 452 g/mol. The molecule has 0 N–H and O–H groups in total. The fourth-order valence-electron chi connectivity index (χ4n) is 4.40. The molecule has 1 aliphatic rings. The number of piperazine rings is 1. The molecule has 0 bridgehead atoms. The van der Waals surface area contributed by atoms with Gasteiger partial charge in [-0.15, -0.1) is 0 Å². The second kappa shape index (κ2) is 8.94. The van der Waals surface area contributed by atoms with Gasteiger partial charge in [-0.25, -0.2) is 4.98 Å². The molecule has 0 aliphatic carbocycles. The number of fused-ring (bicyclic) bond motifs is 1. The second-order valence-corrected chi connectivity index (χ2v) is 9.07. The average molecular weight is 453 g/mol. The number of imidazole rings is 1. The highest BCUT2D eigenvalue weighted by Gasteiger charge is 2.29. The van der Waals surface area contributed by atoms with E-state index in [1.54, 1.807) is 11.8 Å². The van der Waals surface area contributed by atoms with Gasteiger partial charge in [0, 0.05) is 44.5 Å². The predicted octanol–water partition coefficient (Wildman–Crippen LogP) is 4.15. The van der Waals surface area contributed by atoms with Gasteiger partial charge < -0.3 is 14.4 Å². The third kappa shape index (κ3) is 4.37. The molecule has 0 saturated carbocycles. The third-order valence-corrected chi connectivity index (χ3v) is 6.65. The maximum atomic E-state index is 13.5. The van der Waals surface area contributed by atoms with Crippen molar-refractivity contribution < 1.29 is 9.59 Å². The largest absolute Gasteiger partial charge is 0.339 e. The van der Waals surface area contributed by atoms with E-state index in [2.05, 4.69) is 30.5 Å². The molecule has 2 amide bonds. The molecule has 0 spiro atoms. The number of aryl methyl sites for hydroxylation is 2. The molecule has 6 nitrogen and oxygen atoms in total. The van der Waals surface area contributed by atoms with E-state index >= 15 is 0 Å². The van der Waals surface area contributed by atoms with Gasteiger partial charge in [0.1, 0.15) is 11.9 Å². The van der Waals surface area contributed by atoms with Crippen molar-refractivity contribution in [2.75, 3.05) is 26.2 Å². The van der Waals surface area contributed by atoms with E-state index < -0.39 is 6.04 Å². The van der Waals surface area contributed by atoms with E-state index in [1.165, 1.54) is 11.1 Å². The van der Waals surface area contributed by atoms with Crippen molar-refractivity contribution in [3.05, 3.63) is 63.9 Å². The Morgan fingerprint density at radius 3 is 2.34 bits per heavy atom. The summed E-state index contributed by atoms with van der Waals surface area (Å²) in [5, 5.41) is 0.685.